The standard InChI is InChI=1S/C27H36N2/c1-18-11-8-6-7-9-12-19(2)24(17-18)25-27-23(16-15-21(4)28-25)22-14-10-13-20(3)26(22)29(27)5/h6-8,10-11,14-16,18-20,24,28H,9,12-13,17H2,1-5H3/b7-6-,11-8-/t18?,19?,20-,24?/m0/s1. The highest BCUT2D eigenvalue weighted by atomic mass is 15.0. The van der Waals surface area contributed by atoms with Crippen molar-refractivity contribution in [1.82, 2.24) is 9.88 Å². The smallest absolute Gasteiger partial charge is 0.0685 e. The van der Waals surface area contributed by atoms with E-state index < -0.39 is 0 Å². The molecule has 0 spiro atoms. The molecule has 2 heterocycles. The number of allylic oxidation sites excluding steroid dienone is 7. The Kier molecular flexibility index (Phi) is 5.72. The zero-order chi connectivity index (χ0) is 20.5. The lowest BCUT2D eigenvalue weighted by Crippen LogP contribution is -2.39. The van der Waals surface area contributed by atoms with E-state index >= 15 is 0 Å². The third kappa shape index (κ3) is 3.82. The normalized spacial score (nSPS) is 31.5. The van der Waals surface area contributed by atoms with Crippen LogP contribution in [0.1, 0.15) is 70.6 Å². The molecule has 4 rings (SSSR count). The van der Waals surface area contributed by atoms with E-state index in [1.54, 1.807) is 0 Å². The van der Waals surface area contributed by atoms with Crippen LogP contribution in [-0.2, 0) is 7.05 Å². The molecule has 2 nitrogen and oxygen atoms in total. The summed E-state index contributed by atoms with van der Waals surface area (Å²) in [6.07, 6.45) is 23.2. The van der Waals surface area contributed by atoms with Crippen LogP contribution < -0.4 is 15.9 Å². The molecule has 1 aliphatic heterocycles. The van der Waals surface area contributed by atoms with Crippen molar-refractivity contribution in [1.29, 1.82) is 0 Å². The number of fused-ring (bicyclic) bond motifs is 3. The molecule has 0 saturated heterocycles. The number of aromatic nitrogens is 1. The van der Waals surface area contributed by atoms with E-state index in [0.717, 1.165) is 12.8 Å². The molecule has 0 radical (unpaired) electrons. The van der Waals surface area contributed by atoms with Gasteiger partial charge < -0.3 is 9.88 Å². The van der Waals surface area contributed by atoms with E-state index in [1.807, 2.05) is 0 Å². The summed E-state index contributed by atoms with van der Waals surface area (Å²) in [5.41, 5.74) is 5.58. The minimum Gasteiger partial charge on any atom is -0.361 e. The third-order valence-corrected chi connectivity index (χ3v) is 7.00. The van der Waals surface area contributed by atoms with E-state index in [-0.39, 0.29) is 0 Å². The Bertz CT molecular complexity index is 1010. The molecular formula is C27H36N2. The number of hydrogen-bond acceptors (Lipinski definition) is 1. The number of nitrogens with zero attached hydrogens (tertiary/aromatic N) is 1. The van der Waals surface area contributed by atoms with Crippen molar-refractivity contribution < 1.29 is 0 Å². The molecule has 1 aromatic rings. The molecule has 2 aliphatic carbocycles. The van der Waals surface area contributed by atoms with Gasteiger partial charge in [-0.2, -0.15) is 0 Å². The molecule has 0 amide bonds. The van der Waals surface area contributed by atoms with E-state index in [1.165, 1.54) is 46.1 Å². The first kappa shape index (κ1) is 20.1. The first-order valence-corrected chi connectivity index (χ1v) is 11.4. The maximum Gasteiger partial charge on any atom is 0.0685 e. The molecule has 0 aromatic carbocycles. The Morgan fingerprint density at radius 3 is 2.72 bits per heavy atom. The summed E-state index contributed by atoms with van der Waals surface area (Å²) < 4.78 is 2.50. The molecule has 3 aliphatic rings. The fraction of sp³-hybridized carbons (Fsp3) is 0.481. The van der Waals surface area contributed by atoms with E-state index in [9.17, 15) is 0 Å². The topological polar surface area (TPSA) is 17.0 Å². The van der Waals surface area contributed by atoms with Gasteiger partial charge >= 0.3 is 0 Å². The Balaban J connectivity index is 1.95. The maximum atomic E-state index is 3.86. The molecule has 0 bridgehead atoms. The van der Waals surface area contributed by atoms with Crippen molar-refractivity contribution in [2.45, 2.75) is 59.3 Å². The van der Waals surface area contributed by atoms with E-state index in [2.05, 4.69) is 93.2 Å². The second kappa shape index (κ2) is 8.26. The van der Waals surface area contributed by atoms with Crippen LogP contribution in [0.15, 0.2) is 42.2 Å². The van der Waals surface area contributed by atoms with Crippen LogP contribution >= 0.6 is 0 Å². The third-order valence-electron chi connectivity index (χ3n) is 7.00. The summed E-state index contributed by atoms with van der Waals surface area (Å²) in [5, 5.41) is 6.67. The van der Waals surface area contributed by atoms with Crippen LogP contribution in [0.3, 0.4) is 0 Å². The van der Waals surface area contributed by atoms with E-state index in [4.69, 9.17) is 0 Å². The second-order valence-corrected chi connectivity index (χ2v) is 9.40. The first-order chi connectivity index (χ1) is 14.0. The fourth-order valence-corrected chi connectivity index (χ4v) is 5.41. The first-order valence-electron chi connectivity index (χ1n) is 11.4. The summed E-state index contributed by atoms with van der Waals surface area (Å²) in [6.45, 7) is 9.37. The van der Waals surface area contributed by atoms with Crippen molar-refractivity contribution >= 4 is 17.8 Å². The van der Waals surface area contributed by atoms with Crippen LogP contribution in [0, 0.1) is 17.8 Å². The van der Waals surface area contributed by atoms with Crippen LogP contribution in [0.4, 0.5) is 0 Å². The molecule has 0 saturated carbocycles. The number of hydrogen-bond donors (Lipinski definition) is 1. The van der Waals surface area contributed by atoms with Gasteiger partial charge in [-0.3, -0.25) is 0 Å². The van der Waals surface area contributed by atoms with Crippen molar-refractivity contribution in [3.05, 3.63) is 64.0 Å². The van der Waals surface area contributed by atoms with Gasteiger partial charge in [0.25, 0.3) is 0 Å². The molecule has 0 fully saturated rings. The minimum absolute atomic E-state index is 0.518. The molecule has 29 heavy (non-hydrogen) atoms. The lowest BCUT2D eigenvalue weighted by Gasteiger charge is -2.30. The highest BCUT2D eigenvalue weighted by molar-refractivity contribution is 5.65. The summed E-state index contributed by atoms with van der Waals surface area (Å²) >= 11 is 0. The van der Waals surface area contributed by atoms with Gasteiger partial charge in [0, 0.05) is 46.8 Å². The Morgan fingerprint density at radius 2 is 1.90 bits per heavy atom. The van der Waals surface area contributed by atoms with Gasteiger partial charge in [-0.15, -0.1) is 0 Å². The fourth-order valence-electron chi connectivity index (χ4n) is 5.41. The van der Waals surface area contributed by atoms with Crippen LogP contribution in [-0.4, -0.2) is 4.57 Å². The van der Waals surface area contributed by atoms with Gasteiger partial charge in [-0.25, -0.2) is 0 Å². The minimum atomic E-state index is 0.518. The van der Waals surface area contributed by atoms with Gasteiger partial charge in [0.1, 0.15) is 0 Å². The molecule has 4 atom stereocenters. The molecule has 154 valence electrons. The van der Waals surface area contributed by atoms with Gasteiger partial charge in [-0.1, -0.05) is 63.3 Å². The van der Waals surface area contributed by atoms with E-state index in [0.29, 0.717) is 23.7 Å². The SMILES string of the molecule is CC1=CC=c2c3c(n(C)c2=C(C2CC(C)/C=C\C=C/CCC2C)N1)[C@@H](C)CC=C3. The molecular weight excluding hydrogens is 352 g/mol. The summed E-state index contributed by atoms with van der Waals surface area (Å²) in [7, 11) is 2.28. The van der Waals surface area contributed by atoms with Crippen LogP contribution in [0.25, 0.3) is 17.8 Å². The largest absolute Gasteiger partial charge is 0.361 e. The zero-order valence-corrected chi connectivity index (χ0v) is 18.7. The number of nitrogens with one attached hydrogen (secondary N) is 1. The lowest BCUT2D eigenvalue weighted by atomic mass is 9.80. The predicted molar refractivity (Wildman–Crippen MR) is 125 cm³/mol. The number of rotatable bonds is 1. The molecule has 1 aromatic heterocycles. The highest BCUT2D eigenvalue weighted by Crippen LogP contribution is 2.33. The maximum absolute atomic E-state index is 3.86. The van der Waals surface area contributed by atoms with Crippen LogP contribution in [0.5, 0.6) is 0 Å². The van der Waals surface area contributed by atoms with Crippen molar-refractivity contribution in [2.75, 3.05) is 0 Å². The average Bonchev–Trinajstić information content (AvgIpc) is 2.86. The molecule has 1 N–H and O–H groups in total. The highest BCUT2D eigenvalue weighted by Gasteiger charge is 2.28. The predicted octanol–water partition coefficient (Wildman–Crippen LogP) is 5.13. The lowest BCUT2D eigenvalue weighted by molar-refractivity contribution is 0.355. The monoisotopic (exact) mass is 388 g/mol. The van der Waals surface area contributed by atoms with Crippen molar-refractivity contribution in [3.8, 4) is 0 Å². The van der Waals surface area contributed by atoms with Gasteiger partial charge in [0.15, 0.2) is 0 Å². The summed E-state index contributed by atoms with van der Waals surface area (Å²) in [5.74, 6) is 2.28. The van der Waals surface area contributed by atoms with Gasteiger partial charge in [-0.05, 0) is 50.5 Å². The summed E-state index contributed by atoms with van der Waals surface area (Å²) in [6, 6.07) is 0. The van der Waals surface area contributed by atoms with Gasteiger partial charge in [0.2, 0.25) is 0 Å². The zero-order valence-electron chi connectivity index (χ0n) is 18.7. The Hall–Kier alpha value is -2.22. The molecule has 2 heteroatoms. The van der Waals surface area contributed by atoms with Crippen molar-refractivity contribution in [2.24, 2.45) is 24.8 Å². The average molecular weight is 389 g/mol. The Labute approximate surface area is 176 Å². The second-order valence-electron chi connectivity index (χ2n) is 9.40. The molecule has 3 unspecified atom stereocenters. The van der Waals surface area contributed by atoms with Crippen molar-refractivity contribution in [3.63, 3.8) is 0 Å². The quantitative estimate of drug-likeness (QED) is 0.706. The Morgan fingerprint density at radius 1 is 1.07 bits per heavy atom. The summed E-state index contributed by atoms with van der Waals surface area (Å²) in [4.78, 5) is 0. The van der Waals surface area contributed by atoms with Crippen LogP contribution in [0.2, 0.25) is 0 Å². The van der Waals surface area contributed by atoms with Gasteiger partial charge in [0.05, 0.1) is 5.35 Å².